The molecule has 1 aromatic heterocycles. The van der Waals surface area contributed by atoms with E-state index in [1.807, 2.05) is 64.0 Å². The van der Waals surface area contributed by atoms with Crippen LogP contribution < -0.4 is 19.1 Å². The summed E-state index contributed by atoms with van der Waals surface area (Å²) in [5.74, 6) is 1.37. The van der Waals surface area contributed by atoms with E-state index in [2.05, 4.69) is 0 Å². The Morgan fingerprint density at radius 2 is 1.56 bits per heavy atom. The van der Waals surface area contributed by atoms with Gasteiger partial charge >= 0.3 is 0 Å². The van der Waals surface area contributed by atoms with Gasteiger partial charge in [0.05, 0.1) is 30.0 Å². The van der Waals surface area contributed by atoms with Crippen LogP contribution in [0.15, 0.2) is 36.4 Å². The minimum Gasteiger partial charge on any atom is -0.490 e. The fourth-order valence-electron chi connectivity index (χ4n) is 3.23. The van der Waals surface area contributed by atoms with Crippen molar-refractivity contribution in [2.75, 3.05) is 51.9 Å². The Hall–Kier alpha value is -2.84. The minimum atomic E-state index is -0.157. The molecule has 0 saturated carbocycles. The SMILES string of the molecule is CCOc1cc(C(=O)N(CCN(C)C)c2nc3ccccc3s2)cc(OCC)c1OCC. The summed E-state index contributed by atoms with van der Waals surface area (Å²) in [7, 11) is 3.97. The molecular formula is C24H31N3O4S. The second kappa shape index (κ2) is 11.2. The maximum atomic E-state index is 13.7. The fraction of sp³-hybridized carbons (Fsp3) is 0.417. The normalized spacial score (nSPS) is 11.1. The zero-order valence-corrected chi connectivity index (χ0v) is 20.2. The predicted octanol–water partition coefficient (Wildman–Crippen LogP) is 4.70. The lowest BCUT2D eigenvalue weighted by Gasteiger charge is -2.23. The topological polar surface area (TPSA) is 64.1 Å². The van der Waals surface area contributed by atoms with Crippen LogP contribution in [0, 0.1) is 0 Å². The molecule has 3 aromatic rings. The highest BCUT2D eigenvalue weighted by atomic mass is 32.1. The van der Waals surface area contributed by atoms with E-state index < -0.39 is 0 Å². The van der Waals surface area contributed by atoms with E-state index in [-0.39, 0.29) is 5.91 Å². The first-order chi connectivity index (χ1) is 15.5. The Morgan fingerprint density at radius 3 is 2.12 bits per heavy atom. The van der Waals surface area contributed by atoms with E-state index in [9.17, 15) is 4.79 Å². The molecule has 0 aliphatic carbocycles. The third-order valence-electron chi connectivity index (χ3n) is 4.69. The van der Waals surface area contributed by atoms with Gasteiger partial charge in [0.25, 0.3) is 5.91 Å². The largest absolute Gasteiger partial charge is 0.490 e. The number of fused-ring (bicyclic) bond motifs is 1. The quantitative estimate of drug-likeness (QED) is 0.416. The van der Waals surface area contributed by atoms with Crippen LogP contribution in [0.3, 0.4) is 0 Å². The highest BCUT2D eigenvalue weighted by molar-refractivity contribution is 7.22. The molecule has 0 spiro atoms. The summed E-state index contributed by atoms with van der Waals surface area (Å²) in [6, 6.07) is 11.4. The number of hydrogen-bond acceptors (Lipinski definition) is 7. The van der Waals surface area contributed by atoms with E-state index in [0.717, 1.165) is 10.2 Å². The standard InChI is InChI=1S/C24H31N3O4S/c1-6-29-19-15-17(16-20(30-7-2)22(19)31-8-3)23(28)27(14-13-26(4)5)24-25-18-11-9-10-12-21(18)32-24/h9-12,15-16H,6-8,13-14H2,1-5H3. The number of carbonyl (C=O) groups excluding carboxylic acids is 1. The molecule has 0 aliphatic heterocycles. The third kappa shape index (κ3) is 5.49. The van der Waals surface area contributed by atoms with Gasteiger partial charge in [-0.1, -0.05) is 23.5 Å². The van der Waals surface area contributed by atoms with Crippen molar-refractivity contribution in [1.82, 2.24) is 9.88 Å². The minimum absolute atomic E-state index is 0.157. The maximum absolute atomic E-state index is 13.7. The lowest BCUT2D eigenvalue weighted by molar-refractivity contribution is 0.0984. The first-order valence-corrected chi connectivity index (χ1v) is 11.7. The second-order valence-corrected chi connectivity index (χ2v) is 8.33. The van der Waals surface area contributed by atoms with E-state index in [1.165, 1.54) is 11.3 Å². The number of para-hydroxylation sites is 1. The number of thiazole rings is 1. The van der Waals surface area contributed by atoms with Gasteiger partial charge < -0.3 is 19.1 Å². The molecule has 0 N–H and O–H groups in total. The van der Waals surface area contributed by atoms with Gasteiger partial charge in [-0.25, -0.2) is 4.98 Å². The molecule has 172 valence electrons. The summed E-state index contributed by atoms with van der Waals surface area (Å²) in [4.78, 5) is 22.2. The third-order valence-corrected chi connectivity index (χ3v) is 5.74. The molecule has 0 unspecified atom stereocenters. The van der Waals surface area contributed by atoms with Gasteiger partial charge in [0.2, 0.25) is 5.75 Å². The summed E-state index contributed by atoms with van der Waals surface area (Å²) in [6.07, 6.45) is 0. The molecule has 32 heavy (non-hydrogen) atoms. The number of hydrogen-bond donors (Lipinski definition) is 0. The predicted molar refractivity (Wildman–Crippen MR) is 130 cm³/mol. The molecule has 2 aromatic carbocycles. The van der Waals surface area contributed by atoms with Gasteiger partial charge in [-0.15, -0.1) is 0 Å². The number of anilines is 1. The van der Waals surface area contributed by atoms with Crippen molar-refractivity contribution in [3.8, 4) is 17.2 Å². The van der Waals surface area contributed by atoms with Crippen LogP contribution in [0.4, 0.5) is 5.13 Å². The highest BCUT2D eigenvalue weighted by Crippen LogP contribution is 2.40. The number of amides is 1. The Kier molecular flexibility index (Phi) is 8.30. The van der Waals surface area contributed by atoms with Crippen molar-refractivity contribution in [3.05, 3.63) is 42.0 Å². The lowest BCUT2D eigenvalue weighted by Crippen LogP contribution is -2.36. The van der Waals surface area contributed by atoms with Crippen LogP contribution in [0.5, 0.6) is 17.2 Å². The summed E-state index contributed by atoms with van der Waals surface area (Å²) in [6.45, 7) is 8.28. The number of rotatable bonds is 11. The number of likely N-dealkylation sites (N-methyl/N-ethyl adjacent to an activating group) is 1. The van der Waals surface area contributed by atoms with E-state index in [1.54, 1.807) is 17.0 Å². The number of carbonyl (C=O) groups is 1. The molecule has 0 aliphatic rings. The Morgan fingerprint density at radius 1 is 0.938 bits per heavy atom. The molecule has 0 bridgehead atoms. The smallest absolute Gasteiger partial charge is 0.260 e. The summed E-state index contributed by atoms with van der Waals surface area (Å²) >= 11 is 1.51. The molecule has 7 nitrogen and oxygen atoms in total. The average Bonchev–Trinajstić information content (AvgIpc) is 3.19. The van der Waals surface area contributed by atoms with Gasteiger partial charge in [0, 0.05) is 18.7 Å². The molecule has 0 atom stereocenters. The Bertz CT molecular complexity index is 991. The zero-order chi connectivity index (χ0) is 23.1. The lowest BCUT2D eigenvalue weighted by atomic mass is 10.1. The average molecular weight is 458 g/mol. The van der Waals surface area contributed by atoms with Crippen molar-refractivity contribution in [3.63, 3.8) is 0 Å². The van der Waals surface area contributed by atoms with Crippen LogP contribution in [0.2, 0.25) is 0 Å². The molecule has 3 rings (SSSR count). The molecule has 0 saturated heterocycles. The Balaban J connectivity index is 2.05. The number of benzene rings is 2. The van der Waals surface area contributed by atoms with Crippen LogP contribution in [-0.4, -0.2) is 62.8 Å². The molecule has 0 fully saturated rings. The summed E-state index contributed by atoms with van der Waals surface area (Å²) in [5.41, 5.74) is 1.35. The molecular weight excluding hydrogens is 426 g/mol. The number of aromatic nitrogens is 1. The van der Waals surface area contributed by atoms with Gasteiger partial charge in [0.1, 0.15) is 0 Å². The van der Waals surface area contributed by atoms with Crippen LogP contribution in [-0.2, 0) is 0 Å². The van der Waals surface area contributed by atoms with Gasteiger partial charge in [-0.05, 0) is 59.1 Å². The van der Waals surface area contributed by atoms with Crippen molar-refractivity contribution < 1.29 is 19.0 Å². The van der Waals surface area contributed by atoms with Crippen LogP contribution in [0.1, 0.15) is 31.1 Å². The first kappa shape index (κ1) is 23.8. The van der Waals surface area contributed by atoms with E-state index in [4.69, 9.17) is 19.2 Å². The second-order valence-electron chi connectivity index (χ2n) is 7.32. The maximum Gasteiger partial charge on any atom is 0.260 e. The number of ether oxygens (including phenoxy) is 3. The van der Waals surface area contributed by atoms with Crippen molar-refractivity contribution >= 4 is 32.6 Å². The highest BCUT2D eigenvalue weighted by Gasteiger charge is 2.25. The van der Waals surface area contributed by atoms with Gasteiger partial charge in [0.15, 0.2) is 16.6 Å². The zero-order valence-electron chi connectivity index (χ0n) is 19.4. The van der Waals surface area contributed by atoms with Crippen molar-refractivity contribution in [2.45, 2.75) is 20.8 Å². The van der Waals surface area contributed by atoms with Gasteiger partial charge in [-0.2, -0.15) is 0 Å². The van der Waals surface area contributed by atoms with Crippen molar-refractivity contribution in [2.24, 2.45) is 0 Å². The Labute approximate surface area is 193 Å². The van der Waals surface area contributed by atoms with Gasteiger partial charge in [-0.3, -0.25) is 9.69 Å². The summed E-state index contributed by atoms with van der Waals surface area (Å²) < 4.78 is 18.4. The molecule has 8 heteroatoms. The molecule has 0 radical (unpaired) electrons. The van der Waals surface area contributed by atoms with Crippen LogP contribution >= 0.6 is 11.3 Å². The van der Waals surface area contributed by atoms with E-state index in [0.29, 0.717) is 60.9 Å². The van der Waals surface area contributed by atoms with Crippen molar-refractivity contribution in [1.29, 1.82) is 0 Å². The first-order valence-electron chi connectivity index (χ1n) is 10.9. The monoisotopic (exact) mass is 457 g/mol. The van der Waals surface area contributed by atoms with Crippen LogP contribution in [0.25, 0.3) is 10.2 Å². The van der Waals surface area contributed by atoms with E-state index >= 15 is 0 Å². The number of nitrogens with zero attached hydrogens (tertiary/aromatic N) is 3. The molecule has 1 heterocycles. The fourth-order valence-corrected chi connectivity index (χ4v) is 4.22. The summed E-state index contributed by atoms with van der Waals surface area (Å²) in [5, 5.41) is 0.669. The molecule has 1 amide bonds.